The first-order valence-corrected chi connectivity index (χ1v) is 4.93. The van der Waals surface area contributed by atoms with E-state index in [0.29, 0.717) is 5.92 Å². The molecule has 0 aromatic heterocycles. The quantitative estimate of drug-likeness (QED) is 0.599. The molecule has 68 valence electrons. The second-order valence-corrected chi connectivity index (χ2v) is 3.75. The van der Waals surface area contributed by atoms with E-state index in [0.717, 1.165) is 5.92 Å². The maximum Gasteiger partial charge on any atom is 0.0477 e. The molecule has 1 unspecified atom stereocenters. The molecule has 1 atom stereocenters. The number of benzene rings is 1. The van der Waals surface area contributed by atoms with Gasteiger partial charge < -0.3 is 0 Å². The van der Waals surface area contributed by atoms with E-state index in [1.165, 1.54) is 24.8 Å². The van der Waals surface area contributed by atoms with E-state index in [4.69, 9.17) is 6.42 Å². The molecule has 0 radical (unpaired) electrons. The van der Waals surface area contributed by atoms with Crippen molar-refractivity contribution in [1.29, 1.82) is 0 Å². The molecule has 1 saturated carbocycles. The zero-order valence-electron chi connectivity index (χ0n) is 7.74. The second kappa shape index (κ2) is 3.66. The van der Waals surface area contributed by atoms with Crippen LogP contribution in [0.4, 0.5) is 0 Å². The fourth-order valence-electron chi connectivity index (χ4n) is 1.94. The first-order valence-electron chi connectivity index (χ1n) is 4.93. The summed E-state index contributed by atoms with van der Waals surface area (Å²) in [6.07, 6.45) is 9.54. The minimum atomic E-state index is 0. The van der Waals surface area contributed by atoms with Crippen LogP contribution in [-0.2, 0) is 0 Å². The van der Waals surface area contributed by atoms with Gasteiger partial charge in [0.05, 0.1) is 0 Å². The van der Waals surface area contributed by atoms with E-state index < -0.39 is 0 Å². The lowest BCUT2D eigenvalue weighted by atomic mass is 9.73. The highest BCUT2D eigenvalue weighted by Gasteiger charge is 2.26. The fourth-order valence-corrected chi connectivity index (χ4v) is 1.94. The van der Waals surface area contributed by atoms with Crippen LogP contribution < -0.4 is 0 Å². The number of hydrogen-bond acceptors (Lipinski definition) is 0. The Kier molecular flexibility index (Phi) is 2.36. The molecule has 0 nitrogen and oxygen atoms in total. The molecule has 1 fully saturated rings. The summed E-state index contributed by atoms with van der Waals surface area (Å²) in [4.78, 5) is 0. The third-order valence-corrected chi connectivity index (χ3v) is 2.96. The molecule has 13 heavy (non-hydrogen) atoms. The minimum Gasteiger partial charge on any atom is -0.119 e. The Bertz CT molecular complexity index is 306. The molecule has 1 aromatic carbocycles. The van der Waals surface area contributed by atoms with Crippen molar-refractivity contribution in [3.05, 3.63) is 35.9 Å². The molecular formula is C13H16. The van der Waals surface area contributed by atoms with Crippen molar-refractivity contribution in [3.63, 3.8) is 0 Å². The SMILES string of the molecule is C#CC(c1ccccc1)C1CCC1.[HH]. The predicted molar refractivity (Wildman–Crippen MR) is 57.5 cm³/mol. The third kappa shape index (κ3) is 1.60. The molecule has 0 bridgehead atoms. The molecular weight excluding hydrogens is 156 g/mol. The lowest BCUT2D eigenvalue weighted by molar-refractivity contribution is 0.293. The lowest BCUT2D eigenvalue weighted by Gasteiger charge is -2.30. The van der Waals surface area contributed by atoms with Crippen molar-refractivity contribution in [2.75, 3.05) is 0 Å². The first kappa shape index (κ1) is 8.38. The summed E-state index contributed by atoms with van der Waals surface area (Å²) in [7, 11) is 0. The fraction of sp³-hybridized carbons (Fsp3) is 0.385. The smallest absolute Gasteiger partial charge is 0.0477 e. The topological polar surface area (TPSA) is 0 Å². The average Bonchev–Trinajstić information content (AvgIpc) is 2.12. The second-order valence-electron chi connectivity index (χ2n) is 3.75. The van der Waals surface area contributed by atoms with Crippen LogP contribution >= 0.6 is 0 Å². The summed E-state index contributed by atoms with van der Waals surface area (Å²) < 4.78 is 0. The normalized spacial score (nSPS) is 18.7. The van der Waals surface area contributed by atoms with Crippen molar-refractivity contribution in [1.82, 2.24) is 0 Å². The average molecular weight is 172 g/mol. The van der Waals surface area contributed by atoms with E-state index >= 15 is 0 Å². The number of rotatable bonds is 2. The van der Waals surface area contributed by atoms with Gasteiger partial charge >= 0.3 is 0 Å². The van der Waals surface area contributed by atoms with Crippen molar-refractivity contribution >= 4 is 0 Å². The van der Waals surface area contributed by atoms with Gasteiger partial charge in [-0.25, -0.2) is 0 Å². The summed E-state index contributed by atoms with van der Waals surface area (Å²) in [5.41, 5.74) is 1.31. The summed E-state index contributed by atoms with van der Waals surface area (Å²) in [6, 6.07) is 10.5. The van der Waals surface area contributed by atoms with Crippen LogP contribution in [0.3, 0.4) is 0 Å². The monoisotopic (exact) mass is 172 g/mol. The van der Waals surface area contributed by atoms with E-state index in [1.807, 2.05) is 6.07 Å². The molecule has 1 aliphatic carbocycles. The Morgan fingerprint density at radius 1 is 1.31 bits per heavy atom. The number of terminal acetylenes is 1. The first-order chi connectivity index (χ1) is 6.42. The van der Waals surface area contributed by atoms with Crippen LogP contribution in [0.1, 0.15) is 32.2 Å². The largest absolute Gasteiger partial charge is 0.119 e. The standard InChI is InChI=1S/C13H14.H2/c1-2-13(12-9-6-10-12)11-7-4-3-5-8-11;/h1,3-5,7-8,12-13H,6,9-10H2;1H. The van der Waals surface area contributed by atoms with Gasteiger partial charge in [0.25, 0.3) is 0 Å². The molecule has 0 heterocycles. The Morgan fingerprint density at radius 3 is 2.46 bits per heavy atom. The Hall–Kier alpha value is -1.22. The van der Waals surface area contributed by atoms with Crippen LogP contribution in [0, 0.1) is 18.3 Å². The van der Waals surface area contributed by atoms with Gasteiger partial charge in [0, 0.05) is 7.34 Å². The Labute approximate surface area is 81.5 Å². The minimum absolute atomic E-state index is 0. The lowest BCUT2D eigenvalue weighted by Crippen LogP contribution is -2.19. The van der Waals surface area contributed by atoms with Gasteiger partial charge in [0.15, 0.2) is 0 Å². The zero-order valence-corrected chi connectivity index (χ0v) is 7.74. The zero-order chi connectivity index (χ0) is 9.10. The maximum atomic E-state index is 5.57. The van der Waals surface area contributed by atoms with Crippen LogP contribution in [0.15, 0.2) is 30.3 Å². The van der Waals surface area contributed by atoms with Crippen molar-refractivity contribution in [2.45, 2.75) is 25.2 Å². The summed E-state index contributed by atoms with van der Waals surface area (Å²) in [6.45, 7) is 0. The van der Waals surface area contributed by atoms with Gasteiger partial charge in [-0.3, -0.25) is 0 Å². The Balaban J connectivity index is 0.000000980. The van der Waals surface area contributed by atoms with Gasteiger partial charge in [-0.1, -0.05) is 42.7 Å². The van der Waals surface area contributed by atoms with Crippen molar-refractivity contribution in [2.24, 2.45) is 5.92 Å². The van der Waals surface area contributed by atoms with Gasteiger partial charge in [0.2, 0.25) is 0 Å². The van der Waals surface area contributed by atoms with E-state index in [-0.39, 0.29) is 1.43 Å². The van der Waals surface area contributed by atoms with Crippen LogP contribution in [0.25, 0.3) is 0 Å². The molecule has 2 rings (SSSR count). The molecule has 0 saturated heterocycles. The van der Waals surface area contributed by atoms with Gasteiger partial charge in [0.1, 0.15) is 0 Å². The predicted octanol–water partition coefficient (Wildman–Crippen LogP) is 3.45. The highest BCUT2D eigenvalue weighted by molar-refractivity contribution is 5.28. The molecule has 0 N–H and O–H groups in total. The van der Waals surface area contributed by atoms with Gasteiger partial charge in [-0.05, 0) is 24.3 Å². The van der Waals surface area contributed by atoms with Crippen molar-refractivity contribution < 1.29 is 1.43 Å². The van der Waals surface area contributed by atoms with Crippen LogP contribution in [-0.4, -0.2) is 0 Å². The molecule has 0 heteroatoms. The molecule has 0 spiro atoms. The maximum absolute atomic E-state index is 5.57. The van der Waals surface area contributed by atoms with Crippen LogP contribution in [0.2, 0.25) is 0 Å². The van der Waals surface area contributed by atoms with E-state index in [2.05, 4.69) is 30.2 Å². The van der Waals surface area contributed by atoms with E-state index in [9.17, 15) is 0 Å². The summed E-state index contributed by atoms with van der Waals surface area (Å²) >= 11 is 0. The highest BCUT2D eigenvalue weighted by Crippen LogP contribution is 2.38. The van der Waals surface area contributed by atoms with E-state index in [1.54, 1.807) is 0 Å². The molecule has 0 aliphatic heterocycles. The van der Waals surface area contributed by atoms with Crippen LogP contribution in [0.5, 0.6) is 0 Å². The number of hydrogen-bond donors (Lipinski definition) is 0. The van der Waals surface area contributed by atoms with Gasteiger partial charge in [-0.15, -0.1) is 6.42 Å². The molecule has 1 aliphatic rings. The molecule has 1 aromatic rings. The Morgan fingerprint density at radius 2 is 2.00 bits per heavy atom. The summed E-state index contributed by atoms with van der Waals surface area (Å²) in [5, 5.41) is 0. The molecule has 0 amide bonds. The third-order valence-electron chi connectivity index (χ3n) is 2.96. The van der Waals surface area contributed by atoms with Gasteiger partial charge in [-0.2, -0.15) is 0 Å². The highest BCUT2D eigenvalue weighted by atomic mass is 14.3. The summed E-state index contributed by atoms with van der Waals surface area (Å²) in [5.74, 6) is 4.02. The van der Waals surface area contributed by atoms with Crippen molar-refractivity contribution in [3.8, 4) is 12.3 Å².